The number of carboxylic acids is 1. The maximum Gasteiger partial charge on any atom is 0.408 e. The van der Waals surface area contributed by atoms with E-state index in [1.807, 2.05) is 0 Å². The van der Waals surface area contributed by atoms with E-state index in [0.29, 0.717) is 0 Å². The van der Waals surface area contributed by atoms with Gasteiger partial charge < -0.3 is 24.6 Å². The highest BCUT2D eigenvalue weighted by molar-refractivity contribution is 5.87. The molecule has 0 bridgehead atoms. The van der Waals surface area contributed by atoms with E-state index < -0.39 is 53.8 Å². The largest absolute Gasteiger partial charge is 0.479 e. The Bertz CT molecular complexity index is 515. The fourth-order valence-corrected chi connectivity index (χ4v) is 1.48. The van der Waals surface area contributed by atoms with E-state index in [2.05, 4.69) is 10.1 Å². The fourth-order valence-electron chi connectivity index (χ4n) is 1.48. The Morgan fingerprint density at radius 1 is 0.960 bits per heavy atom. The van der Waals surface area contributed by atoms with Gasteiger partial charge in [-0.2, -0.15) is 0 Å². The Morgan fingerprint density at radius 3 is 1.84 bits per heavy atom. The molecule has 0 fully saturated rings. The molecular weight excluding hydrogens is 334 g/mol. The third-order valence-corrected chi connectivity index (χ3v) is 2.41. The van der Waals surface area contributed by atoms with E-state index >= 15 is 0 Å². The fraction of sp³-hybridized carbons (Fsp3) is 0.750. The molecule has 0 aromatic rings. The number of ether oxygens (including phenoxy) is 3. The predicted molar refractivity (Wildman–Crippen MR) is 86.8 cm³/mol. The van der Waals surface area contributed by atoms with Gasteiger partial charge in [-0.15, -0.1) is 0 Å². The molecule has 0 aliphatic carbocycles. The molecule has 144 valence electrons. The maximum absolute atomic E-state index is 12.2. The predicted octanol–water partition coefficient (Wildman–Crippen LogP) is 1.63. The molecule has 2 N–H and O–H groups in total. The topological polar surface area (TPSA) is 128 Å². The van der Waals surface area contributed by atoms with Crippen molar-refractivity contribution in [1.82, 2.24) is 5.32 Å². The summed E-state index contributed by atoms with van der Waals surface area (Å²) in [5, 5.41) is 11.0. The summed E-state index contributed by atoms with van der Waals surface area (Å²) < 4.78 is 14.9. The van der Waals surface area contributed by atoms with Crippen LogP contribution in [-0.2, 0) is 28.6 Å². The van der Waals surface area contributed by atoms with Gasteiger partial charge in [0, 0.05) is 0 Å². The molecule has 0 aliphatic rings. The molecule has 0 radical (unpaired) electrons. The van der Waals surface area contributed by atoms with E-state index in [4.69, 9.17) is 14.6 Å². The number of carbonyl (C=O) groups is 4. The highest BCUT2D eigenvalue weighted by Gasteiger charge is 2.32. The quantitative estimate of drug-likeness (QED) is 0.539. The minimum Gasteiger partial charge on any atom is -0.479 e. The van der Waals surface area contributed by atoms with Gasteiger partial charge in [-0.05, 0) is 48.5 Å². The number of alkyl carbamates (subject to hydrolysis) is 1. The lowest BCUT2D eigenvalue weighted by atomic mass is 10.1. The van der Waals surface area contributed by atoms with Crippen LogP contribution in [0.2, 0.25) is 0 Å². The molecule has 0 unspecified atom stereocenters. The van der Waals surface area contributed by atoms with Crippen molar-refractivity contribution >= 4 is 24.0 Å². The van der Waals surface area contributed by atoms with E-state index in [9.17, 15) is 19.2 Å². The lowest BCUT2D eigenvalue weighted by molar-refractivity contribution is -0.166. The van der Waals surface area contributed by atoms with Gasteiger partial charge >= 0.3 is 24.0 Å². The van der Waals surface area contributed by atoms with Crippen LogP contribution in [0.4, 0.5) is 4.79 Å². The molecule has 0 spiro atoms. The number of hydrogen-bond acceptors (Lipinski definition) is 7. The molecule has 0 aliphatic heterocycles. The first-order chi connectivity index (χ1) is 11.1. The summed E-state index contributed by atoms with van der Waals surface area (Å²) in [6.45, 7) is 11.0. The number of amides is 1. The van der Waals surface area contributed by atoms with Crippen molar-refractivity contribution in [2.45, 2.75) is 78.2 Å². The maximum atomic E-state index is 12.2. The van der Waals surface area contributed by atoms with Crippen molar-refractivity contribution in [2.75, 3.05) is 0 Å². The smallest absolute Gasteiger partial charge is 0.408 e. The lowest BCUT2D eigenvalue weighted by Gasteiger charge is -2.26. The van der Waals surface area contributed by atoms with Crippen molar-refractivity contribution in [3.05, 3.63) is 0 Å². The Kier molecular flexibility index (Phi) is 7.88. The van der Waals surface area contributed by atoms with Gasteiger partial charge in [0.1, 0.15) is 17.2 Å². The molecule has 25 heavy (non-hydrogen) atoms. The van der Waals surface area contributed by atoms with Gasteiger partial charge in [0.25, 0.3) is 0 Å². The first-order valence-corrected chi connectivity index (χ1v) is 7.75. The Hall–Kier alpha value is -2.32. The number of aliphatic carboxylic acids is 1. The second-order valence-corrected chi connectivity index (χ2v) is 7.41. The molecule has 9 heteroatoms. The molecular formula is C16H27NO8. The molecule has 1 amide bonds. The molecule has 0 aromatic heterocycles. The molecule has 0 aromatic carbocycles. The second kappa shape index (κ2) is 8.68. The standard InChI is InChI=1S/C16H27NO8/c1-9(12(19)20)23-11(18)8-10(13(21)24-15(2,3)4)17-14(22)25-16(5,6)7/h9-10H,8H2,1-7H3,(H,17,22)(H,19,20)/t9-,10-/m0/s1. The zero-order valence-corrected chi connectivity index (χ0v) is 15.7. The first-order valence-electron chi connectivity index (χ1n) is 7.75. The summed E-state index contributed by atoms with van der Waals surface area (Å²) in [5.74, 6) is -3.16. The lowest BCUT2D eigenvalue weighted by Crippen LogP contribution is -2.47. The number of nitrogens with one attached hydrogen (secondary N) is 1. The number of carboxylic acid groups (broad SMARTS) is 1. The summed E-state index contributed by atoms with van der Waals surface area (Å²) in [6, 6.07) is -1.37. The van der Waals surface area contributed by atoms with E-state index in [0.717, 1.165) is 0 Å². The zero-order valence-electron chi connectivity index (χ0n) is 15.7. The summed E-state index contributed by atoms with van der Waals surface area (Å²) in [6.07, 6.45) is -2.89. The Labute approximate surface area is 147 Å². The van der Waals surface area contributed by atoms with Crippen molar-refractivity contribution in [1.29, 1.82) is 0 Å². The zero-order chi connectivity index (χ0) is 20.0. The monoisotopic (exact) mass is 361 g/mol. The number of hydrogen-bond donors (Lipinski definition) is 2. The summed E-state index contributed by atoms with van der Waals surface area (Å²) in [5.41, 5.74) is -1.65. The van der Waals surface area contributed by atoms with Crippen LogP contribution in [0.25, 0.3) is 0 Å². The van der Waals surface area contributed by atoms with E-state index in [1.165, 1.54) is 6.92 Å². The molecule has 0 heterocycles. The molecule has 2 atom stereocenters. The van der Waals surface area contributed by atoms with Gasteiger partial charge in [0.05, 0.1) is 6.42 Å². The normalized spacial score (nSPS) is 14.0. The third kappa shape index (κ3) is 11.0. The van der Waals surface area contributed by atoms with Crippen LogP contribution in [0, 0.1) is 0 Å². The SMILES string of the molecule is C[C@H](OC(=O)C[C@H](NC(=O)OC(C)(C)C)C(=O)OC(C)(C)C)C(=O)O. The second-order valence-electron chi connectivity index (χ2n) is 7.41. The highest BCUT2D eigenvalue weighted by Crippen LogP contribution is 2.12. The first kappa shape index (κ1) is 22.7. The van der Waals surface area contributed by atoms with Gasteiger partial charge in [0.15, 0.2) is 6.10 Å². The Morgan fingerprint density at radius 2 is 1.44 bits per heavy atom. The van der Waals surface area contributed by atoms with Crippen molar-refractivity contribution < 1.29 is 38.5 Å². The molecule has 0 rings (SSSR count). The van der Waals surface area contributed by atoms with Crippen molar-refractivity contribution in [2.24, 2.45) is 0 Å². The van der Waals surface area contributed by atoms with Crippen LogP contribution in [-0.4, -0.2) is 52.5 Å². The summed E-state index contributed by atoms with van der Waals surface area (Å²) in [4.78, 5) is 46.6. The number of rotatable bonds is 6. The van der Waals surface area contributed by atoms with Crippen LogP contribution in [0.3, 0.4) is 0 Å². The highest BCUT2D eigenvalue weighted by atomic mass is 16.6. The minimum atomic E-state index is -1.38. The van der Waals surface area contributed by atoms with Crippen LogP contribution in [0.1, 0.15) is 54.9 Å². The summed E-state index contributed by atoms with van der Waals surface area (Å²) >= 11 is 0. The number of esters is 2. The van der Waals surface area contributed by atoms with Gasteiger partial charge in [0.2, 0.25) is 0 Å². The van der Waals surface area contributed by atoms with Gasteiger partial charge in [-0.3, -0.25) is 4.79 Å². The average molecular weight is 361 g/mol. The Balaban J connectivity index is 5.07. The molecule has 9 nitrogen and oxygen atoms in total. The molecule has 0 saturated carbocycles. The average Bonchev–Trinajstić information content (AvgIpc) is 2.32. The van der Waals surface area contributed by atoms with E-state index in [-0.39, 0.29) is 0 Å². The summed E-state index contributed by atoms with van der Waals surface area (Å²) in [7, 11) is 0. The van der Waals surface area contributed by atoms with Gasteiger partial charge in [-0.25, -0.2) is 14.4 Å². The minimum absolute atomic E-state index is 0.591. The van der Waals surface area contributed by atoms with Crippen LogP contribution < -0.4 is 5.32 Å². The molecule has 0 saturated heterocycles. The third-order valence-electron chi connectivity index (χ3n) is 2.41. The van der Waals surface area contributed by atoms with Crippen LogP contribution in [0.15, 0.2) is 0 Å². The van der Waals surface area contributed by atoms with Gasteiger partial charge in [-0.1, -0.05) is 0 Å². The van der Waals surface area contributed by atoms with Crippen molar-refractivity contribution in [3.8, 4) is 0 Å². The number of carbonyl (C=O) groups excluding carboxylic acids is 3. The van der Waals surface area contributed by atoms with Crippen molar-refractivity contribution in [3.63, 3.8) is 0 Å². The van der Waals surface area contributed by atoms with E-state index in [1.54, 1.807) is 41.5 Å². The van der Waals surface area contributed by atoms with Crippen LogP contribution in [0.5, 0.6) is 0 Å². The van der Waals surface area contributed by atoms with Crippen LogP contribution >= 0.6 is 0 Å².